The van der Waals surface area contributed by atoms with Crippen LogP contribution in [0, 0.1) is 0 Å². The zero-order chi connectivity index (χ0) is 16.0. The molecule has 0 spiro atoms. The van der Waals surface area contributed by atoms with Gasteiger partial charge in [-0.05, 0) is 43.4 Å². The lowest BCUT2D eigenvalue weighted by molar-refractivity contribution is 0.486. The molecule has 1 aromatic rings. The van der Waals surface area contributed by atoms with E-state index in [0.29, 0.717) is 11.3 Å². The summed E-state index contributed by atoms with van der Waals surface area (Å²) in [5.41, 5.74) is 2.27. The topological polar surface area (TPSA) is 116 Å². The summed E-state index contributed by atoms with van der Waals surface area (Å²) in [6, 6.07) is 4.12. The number of nitrogens with one attached hydrogen (secondary N) is 1. The standard InChI is InChI=1S/C13H16N2O5S2/c14-22(18,19)20-10-6-7-11-12(8-10)21(16,17)15-13(11)9-4-2-1-3-5-9/h6-8,15H,1-5H2,(H2,14,18,19). The fourth-order valence-electron chi connectivity index (χ4n) is 2.85. The normalized spacial score (nSPS) is 20.4. The van der Waals surface area contributed by atoms with E-state index in [1.807, 2.05) is 0 Å². The average Bonchev–Trinajstić information content (AvgIpc) is 2.70. The van der Waals surface area contributed by atoms with Gasteiger partial charge in [0, 0.05) is 11.6 Å². The van der Waals surface area contributed by atoms with Crippen LogP contribution in [0.2, 0.25) is 0 Å². The molecule has 22 heavy (non-hydrogen) atoms. The SMILES string of the molecule is NS(=O)(=O)Oc1ccc2c(c1)S(=O)(=O)NC2=C1CCCCC1. The molecule has 0 aromatic heterocycles. The maximum absolute atomic E-state index is 12.2. The predicted octanol–water partition coefficient (Wildman–Crippen LogP) is 1.24. The number of nitrogens with two attached hydrogens (primary N) is 1. The van der Waals surface area contributed by atoms with Gasteiger partial charge in [-0.15, -0.1) is 0 Å². The minimum atomic E-state index is -4.19. The van der Waals surface area contributed by atoms with E-state index >= 15 is 0 Å². The third kappa shape index (κ3) is 2.96. The first-order chi connectivity index (χ1) is 10.3. The van der Waals surface area contributed by atoms with Crippen molar-refractivity contribution in [2.45, 2.75) is 37.0 Å². The predicted molar refractivity (Wildman–Crippen MR) is 80.5 cm³/mol. The minimum Gasteiger partial charge on any atom is -0.371 e. The van der Waals surface area contributed by atoms with Crippen molar-refractivity contribution < 1.29 is 21.0 Å². The lowest BCUT2D eigenvalue weighted by Crippen LogP contribution is -2.19. The number of allylic oxidation sites excluding steroid dienone is 1. The lowest BCUT2D eigenvalue weighted by atomic mass is 9.91. The van der Waals surface area contributed by atoms with Crippen LogP contribution in [0.1, 0.15) is 37.7 Å². The molecule has 0 saturated heterocycles. The van der Waals surface area contributed by atoms with Gasteiger partial charge in [-0.2, -0.15) is 13.6 Å². The van der Waals surface area contributed by atoms with E-state index in [9.17, 15) is 16.8 Å². The second kappa shape index (κ2) is 5.25. The molecule has 0 amide bonds. The van der Waals surface area contributed by atoms with Gasteiger partial charge < -0.3 is 4.18 Å². The zero-order valence-electron chi connectivity index (χ0n) is 11.7. The van der Waals surface area contributed by atoms with E-state index in [-0.39, 0.29) is 10.6 Å². The molecule has 0 unspecified atom stereocenters. The highest BCUT2D eigenvalue weighted by atomic mass is 32.2. The zero-order valence-corrected chi connectivity index (χ0v) is 13.3. The number of benzene rings is 1. The summed E-state index contributed by atoms with van der Waals surface area (Å²) in [4.78, 5) is 0.0155. The molecule has 0 radical (unpaired) electrons. The summed E-state index contributed by atoms with van der Waals surface area (Å²) in [5, 5.41) is 4.80. The summed E-state index contributed by atoms with van der Waals surface area (Å²) in [6.07, 6.45) is 4.97. The monoisotopic (exact) mass is 344 g/mol. The van der Waals surface area contributed by atoms with Crippen molar-refractivity contribution >= 4 is 26.0 Å². The molecule has 120 valence electrons. The van der Waals surface area contributed by atoms with Gasteiger partial charge >= 0.3 is 10.3 Å². The van der Waals surface area contributed by atoms with E-state index in [0.717, 1.165) is 37.7 Å². The Kier molecular flexibility index (Phi) is 3.66. The molecule has 1 aromatic carbocycles. The fraction of sp³-hybridized carbons (Fsp3) is 0.385. The number of hydrogen-bond acceptors (Lipinski definition) is 5. The summed E-state index contributed by atoms with van der Waals surface area (Å²) in [5.74, 6) is -0.124. The molecule has 1 aliphatic carbocycles. The molecule has 1 saturated carbocycles. The Morgan fingerprint density at radius 1 is 1.14 bits per heavy atom. The lowest BCUT2D eigenvalue weighted by Gasteiger charge is -2.16. The van der Waals surface area contributed by atoms with Gasteiger partial charge in [0.2, 0.25) is 0 Å². The molecule has 3 rings (SSSR count). The molecule has 1 heterocycles. The summed E-state index contributed by atoms with van der Waals surface area (Å²) in [7, 11) is -7.90. The molecule has 2 aliphatic rings. The van der Waals surface area contributed by atoms with E-state index < -0.39 is 20.3 Å². The van der Waals surface area contributed by atoms with Crippen LogP contribution >= 0.6 is 0 Å². The second-order valence-electron chi connectivity index (χ2n) is 5.38. The Hall–Kier alpha value is -1.58. The van der Waals surface area contributed by atoms with Gasteiger partial charge in [-0.25, -0.2) is 8.42 Å². The Morgan fingerprint density at radius 2 is 1.82 bits per heavy atom. The third-order valence-corrected chi connectivity index (χ3v) is 5.59. The smallest absolute Gasteiger partial charge is 0.371 e. The van der Waals surface area contributed by atoms with Crippen LogP contribution < -0.4 is 14.0 Å². The number of fused-ring (bicyclic) bond motifs is 1. The molecule has 1 aliphatic heterocycles. The minimum absolute atomic E-state index is 0.0155. The van der Waals surface area contributed by atoms with E-state index in [1.165, 1.54) is 12.1 Å². The van der Waals surface area contributed by atoms with E-state index in [2.05, 4.69) is 8.91 Å². The van der Waals surface area contributed by atoms with Crippen molar-refractivity contribution in [1.29, 1.82) is 0 Å². The Bertz CT molecular complexity index is 848. The van der Waals surface area contributed by atoms with Crippen molar-refractivity contribution in [3.8, 4) is 5.75 Å². The molecule has 0 atom stereocenters. The van der Waals surface area contributed by atoms with Crippen molar-refractivity contribution in [2.24, 2.45) is 5.14 Å². The first-order valence-electron chi connectivity index (χ1n) is 6.88. The molecule has 1 fully saturated rings. The van der Waals surface area contributed by atoms with Crippen LogP contribution in [-0.4, -0.2) is 16.8 Å². The van der Waals surface area contributed by atoms with Gasteiger partial charge in [-0.1, -0.05) is 6.42 Å². The van der Waals surface area contributed by atoms with Crippen molar-refractivity contribution in [3.63, 3.8) is 0 Å². The van der Waals surface area contributed by atoms with Crippen molar-refractivity contribution in [1.82, 2.24) is 4.72 Å². The van der Waals surface area contributed by atoms with Gasteiger partial charge in [0.15, 0.2) is 0 Å². The third-order valence-electron chi connectivity index (χ3n) is 3.77. The summed E-state index contributed by atoms with van der Waals surface area (Å²) in [6.45, 7) is 0. The number of rotatable bonds is 2. The van der Waals surface area contributed by atoms with Gasteiger partial charge in [0.05, 0.1) is 5.70 Å². The molecular formula is C13H16N2O5S2. The highest BCUT2D eigenvalue weighted by Gasteiger charge is 2.32. The van der Waals surface area contributed by atoms with Crippen molar-refractivity contribution in [2.75, 3.05) is 0 Å². The Balaban J connectivity index is 2.09. The maximum Gasteiger partial charge on any atom is 0.380 e. The molecule has 9 heteroatoms. The van der Waals surface area contributed by atoms with Crippen LogP contribution in [0.3, 0.4) is 0 Å². The number of hydrogen-bond donors (Lipinski definition) is 2. The highest BCUT2D eigenvalue weighted by molar-refractivity contribution is 7.90. The average molecular weight is 344 g/mol. The van der Waals surface area contributed by atoms with E-state index in [1.54, 1.807) is 6.07 Å². The van der Waals surface area contributed by atoms with Crippen LogP contribution in [-0.2, 0) is 20.3 Å². The Labute approximate surface area is 129 Å². The molecule has 0 bridgehead atoms. The molecule has 7 nitrogen and oxygen atoms in total. The van der Waals surface area contributed by atoms with E-state index in [4.69, 9.17) is 5.14 Å². The first-order valence-corrected chi connectivity index (χ1v) is 9.83. The highest BCUT2D eigenvalue weighted by Crippen LogP contribution is 2.38. The molecule has 3 N–H and O–H groups in total. The quantitative estimate of drug-likeness (QED) is 0.837. The first kappa shape index (κ1) is 15.3. The summed E-state index contributed by atoms with van der Waals surface area (Å²) < 4.78 is 53.5. The number of sulfonamides is 1. The van der Waals surface area contributed by atoms with Gasteiger partial charge in [-0.3, -0.25) is 4.72 Å². The largest absolute Gasteiger partial charge is 0.380 e. The van der Waals surface area contributed by atoms with Crippen molar-refractivity contribution in [3.05, 3.63) is 29.3 Å². The van der Waals surface area contributed by atoms with Crippen LogP contribution in [0.4, 0.5) is 0 Å². The van der Waals surface area contributed by atoms with Crippen LogP contribution in [0.25, 0.3) is 5.70 Å². The molecular weight excluding hydrogens is 328 g/mol. The summed E-state index contributed by atoms with van der Waals surface area (Å²) >= 11 is 0. The Morgan fingerprint density at radius 3 is 2.45 bits per heavy atom. The maximum atomic E-state index is 12.2. The second-order valence-corrected chi connectivity index (χ2v) is 8.18. The van der Waals surface area contributed by atoms with Crippen LogP contribution in [0.15, 0.2) is 28.7 Å². The fourth-order valence-corrected chi connectivity index (χ4v) is 4.59. The van der Waals surface area contributed by atoms with Gasteiger partial charge in [0.1, 0.15) is 10.6 Å². The van der Waals surface area contributed by atoms with Crippen LogP contribution in [0.5, 0.6) is 5.75 Å². The van der Waals surface area contributed by atoms with Gasteiger partial charge in [0.25, 0.3) is 10.0 Å².